The van der Waals surface area contributed by atoms with Gasteiger partial charge in [-0.3, -0.25) is 9.78 Å². The van der Waals surface area contributed by atoms with Gasteiger partial charge in [-0.1, -0.05) is 6.07 Å². The Morgan fingerprint density at radius 1 is 1.56 bits per heavy atom. The van der Waals surface area contributed by atoms with Crippen molar-refractivity contribution in [2.75, 3.05) is 11.6 Å². The van der Waals surface area contributed by atoms with Crippen LogP contribution in [0, 0.1) is 0 Å². The number of amides is 1. The number of carboxylic acids is 1. The van der Waals surface area contributed by atoms with Crippen molar-refractivity contribution >= 4 is 23.6 Å². The highest BCUT2D eigenvalue weighted by atomic mass is 32.2. The van der Waals surface area contributed by atoms with Crippen molar-refractivity contribution in [3.05, 3.63) is 30.1 Å². The van der Waals surface area contributed by atoms with E-state index in [1.165, 1.54) is 16.7 Å². The molecule has 1 saturated heterocycles. The lowest BCUT2D eigenvalue weighted by molar-refractivity contribution is -0.147. The number of hydrogen-bond acceptors (Lipinski definition) is 4. The molecule has 0 bridgehead atoms. The van der Waals surface area contributed by atoms with Crippen LogP contribution in [0.2, 0.25) is 0 Å². The summed E-state index contributed by atoms with van der Waals surface area (Å²) in [6, 6.07) is 3.07. The van der Waals surface area contributed by atoms with Crippen LogP contribution >= 0.6 is 11.8 Å². The van der Waals surface area contributed by atoms with Crippen LogP contribution in [0.25, 0.3) is 0 Å². The van der Waals surface area contributed by atoms with Gasteiger partial charge >= 0.3 is 5.97 Å². The fourth-order valence-electron chi connectivity index (χ4n) is 1.83. The highest BCUT2D eigenvalue weighted by Gasteiger charge is 2.33. The summed E-state index contributed by atoms with van der Waals surface area (Å²) in [4.78, 5) is 28.4. The van der Waals surface area contributed by atoms with Crippen molar-refractivity contribution in [2.24, 2.45) is 0 Å². The largest absolute Gasteiger partial charge is 0.480 e. The first-order chi connectivity index (χ1) is 8.68. The van der Waals surface area contributed by atoms with Gasteiger partial charge in [-0.05, 0) is 18.1 Å². The molecule has 6 heteroatoms. The van der Waals surface area contributed by atoms with Crippen molar-refractivity contribution < 1.29 is 14.7 Å². The van der Waals surface area contributed by atoms with Crippen molar-refractivity contribution in [3.8, 4) is 0 Å². The van der Waals surface area contributed by atoms with Crippen molar-refractivity contribution in [2.45, 2.75) is 18.9 Å². The van der Waals surface area contributed by atoms with Crippen LogP contribution in [0.3, 0.4) is 0 Å². The maximum Gasteiger partial charge on any atom is 0.327 e. The molecule has 1 aliphatic heterocycles. The van der Waals surface area contributed by atoms with Gasteiger partial charge in [-0.25, -0.2) is 4.79 Å². The van der Waals surface area contributed by atoms with E-state index in [4.69, 9.17) is 5.11 Å². The Bertz CT molecular complexity index is 438. The number of carboxylic acid groups (broad SMARTS) is 1. The Balaban J connectivity index is 1.90. The predicted octanol–water partition coefficient (Wildman–Crippen LogP) is 1.00. The van der Waals surface area contributed by atoms with Crippen molar-refractivity contribution in [3.63, 3.8) is 0 Å². The van der Waals surface area contributed by atoms with Crippen molar-refractivity contribution in [1.82, 2.24) is 9.88 Å². The summed E-state index contributed by atoms with van der Waals surface area (Å²) in [5.74, 6) is -0.0671. The molecule has 1 amide bonds. The van der Waals surface area contributed by atoms with Gasteiger partial charge in [0.05, 0.1) is 5.88 Å². The van der Waals surface area contributed by atoms with Gasteiger partial charge < -0.3 is 10.0 Å². The maximum atomic E-state index is 12.0. The third-order valence-electron chi connectivity index (χ3n) is 2.84. The molecular formula is C12H14N2O3S. The minimum atomic E-state index is -0.922. The van der Waals surface area contributed by atoms with Crippen LogP contribution < -0.4 is 0 Å². The quantitative estimate of drug-likeness (QED) is 0.880. The number of aryl methyl sites for hydroxylation is 1. The van der Waals surface area contributed by atoms with Crippen molar-refractivity contribution in [1.29, 1.82) is 0 Å². The maximum absolute atomic E-state index is 12.0. The Hall–Kier alpha value is -1.56. The normalized spacial score (nSPS) is 18.9. The van der Waals surface area contributed by atoms with Crippen LogP contribution in [0.5, 0.6) is 0 Å². The Morgan fingerprint density at radius 3 is 3.06 bits per heavy atom. The average Bonchev–Trinajstić information content (AvgIpc) is 2.86. The molecule has 1 aliphatic rings. The zero-order chi connectivity index (χ0) is 13.0. The summed E-state index contributed by atoms with van der Waals surface area (Å²) in [6.45, 7) is 0. The Kier molecular flexibility index (Phi) is 4.19. The molecular weight excluding hydrogens is 252 g/mol. The minimum Gasteiger partial charge on any atom is -0.480 e. The number of aliphatic carboxylic acids is 1. The third kappa shape index (κ3) is 3.01. The standard InChI is InChI=1S/C12H14N2O3S/c15-11(4-3-9-2-1-5-13-6-9)14-8-18-7-10(14)12(16)17/h1-2,5-6,10H,3-4,7-8H2,(H,16,17). The lowest BCUT2D eigenvalue weighted by Crippen LogP contribution is -2.41. The highest BCUT2D eigenvalue weighted by Crippen LogP contribution is 2.22. The fourth-order valence-corrected chi connectivity index (χ4v) is 3.01. The predicted molar refractivity (Wildman–Crippen MR) is 68.2 cm³/mol. The molecule has 0 aromatic carbocycles. The summed E-state index contributed by atoms with van der Waals surface area (Å²) in [5, 5.41) is 9.00. The molecule has 0 aliphatic carbocycles. The molecule has 96 valence electrons. The van der Waals surface area contributed by atoms with Crippen LogP contribution in [-0.4, -0.2) is 44.5 Å². The van der Waals surface area contributed by atoms with Gasteiger partial charge in [-0.2, -0.15) is 0 Å². The number of carbonyl (C=O) groups excluding carboxylic acids is 1. The van der Waals surface area contributed by atoms with Gasteiger partial charge in [-0.15, -0.1) is 11.8 Å². The third-order valence-corrected chi connectivity index (χ3v) is 3.85. The molecule has 1 fully saturated rings. The topological polar surface area (TPSA) is 70.5 Å². The second-order valence-electron chi connectivity index (χ2n) is 4.08. The lowest BCUT2D eigenvalue weighted by atomic mass is 10.1. The second-order valence-corrected chi connectivity index (χ2v) is 5.08. The van der Waals surface area contributed by atoms with E-state index < -0.39 is 12.0 Å². The van der Waals surface area contributed by atoms with Crippen LogP contribution in [-0.2, 0) is 16.0 Å². The molecule has 1 aromatic rings. The lowest BCUT2D eigenvalue weighted by Gasteiger charge is -2.20. The molecule has 0 spiro atoms. The molecule has 1 atom stereocenters. The van der Waals surface area contributed by atoms with E-state index in [0.717, 1.165) is 5.56 Å². The van der Waals surface area contributed by atoms with E-state index >= 15 is 0 Å². The highest BCUT2D eigenvalue weighted by molar-refractivity contribution is 7.99. The van der Waals surface area contributed by atoms with Gasteiger partial charge in [0.15, 0.2) is 0 Å². The van der Waals surface area contributed by atoms with E-state index in [1.807, 2.05) is 12.1 Å². The number of aromatic nitrogens is 1. The summed E-state index contributed by atoms with van der Waals surface area (Å²) in [5.41, 5.74) is 0.990. The van der Waals surface area contributed by atoms with Crippen LogP contribution in [0.4, 0.5) is 0 Å². The summed E-state index contributed by atoms with van der Waals surface area (Å²) in [6.07, 6.45) is 4.33. The van der Waals surface area contributed by atoms with Crippen LogP contribution in [0.1, 0.15) is 12.0 Å². The van der Waals surface area contributed by atoms with E-state index in [0.29, 0.717) is 24.5 Å². The number of nitrogens with zero attached hydrogens (tertiary/aromatic N) is 2. The number of rotatable bonds is 4. The number of hydrogen-bond donors (Lipinski definition) is 1. The molecule has 2 heterocycles. The molecule has 0 saturated carbocycles. The van der Waals surface area contributed by atoms with Gasteiger partial charge in [0, 0.05) is 24.6 Å². The first kappa shape index (κ1) is 12.9. The molecule has 1 N–H and O–H groups in total. The molecule has 1 aromatic heterocycles. The minimum absolute atomic E-state index is 0.101. The first-order valence-corrected chi connectivity index (χ1v) is 6.83. The molecule has 2 rings (SSSR count). The van der Waals surface area contributed by atoms with E-state index in [2.05, 4.69) is 4.98 Å². The molecule has 1 unspecified atom stereocenters. The number of thioether (sulfide) groups is 1. The SMILES string of the molecule is O=C(O)C1CSCN1C(=O)CCc1cccnc1. The summed E-state index contributed by atoms with van der Waals surface area (Å²) in [7, 11) is 0. The Labute approximate surface area is 109 Å². The first-order valence-electron chi connectivity index (χ1n) is 5.67. The monoisotopic (exact) mass is 266 g/mol. The van der Waals surface area contributed by atoms with Gasteiger partial charge in [0.2, 0.25) is 5.91 Å². The average molecular weight is 266 g/mol. The summed E-state index contributed by atoms with van der Waals surface area (Å²) < 4.78 is 0. The number of pyridine rings is 1. The van der Waals surface area contributed by atoms with E-state index in [-0.39, 0.29) is 5.91 Å². The zero-order valence-corrected chi connectivity index (χ0v) is 10.6. The van der Waals surface area contributed by atoms with E-state index in [1.54, 1.807) is 12.4 Å². The molecule has 0 radical (unpaired) electrons. The molecule has 5 nitrogen and oxygen atoms in total. The summed E-state index contributed by atoms with van der Waals surface area (Å²) >= 11 is 1.48. The number of carbonyl (C=O) groups is 2. The van der Waals surface area contributed by atoms with Gasteiger partial charge in [0.25, 0.3) is 0 Å². The van der Waals surface area contributed by atoms with E-state index in [9.17, 15) is 9.59 Å². The Morgan fingerprint density at radius 2 is 2.39 bits per heavy atom. The fraction of sp³-hybridized carbons (Fsp3) is 0.417. The smallest absolute Gasteiger partial charge is 0.327 e. The van der Waals surface area contributed by atoms with Gasteiger partial charge in [0.1, 0.15) is 6.04 Å². The van der Waals surface area contributed by atoms with Crippen LogP contribution in [0.15, 0.2) is 24.5 Å². The molecule has 18 heavy (non-hydrogen) atoms. The zero-order valence-electron chi connectivity index (χ0n) is 9.78. The second kappa shape index (κ2) is 5.86.